The van der Waals surface area contributed by atoms with Gasteiger partial charge in [0, 0.05) is 61.0 Å². The van der Waals surface area contributed by atoms with Crippen LogP contribution in [-0.4, -0.2) is 41.8 Å². The van der Waals surface area contributed by atoms with E-state index in [0.29, 0.717) is 59.1 Å². The van der Waals surface area contributed by atoms with E-state index in [1.54, 1.807) is 19.1 Å². The fourth-order valence-electron chi connectivity index (χ4n) is 5.39. The highest BCUT2D eigenvalue weighted by Gasteiger charge is 2.28. The number of rotatable bonds is 6. The molecule has 8 heteroatoms. The number of carboxylic acids is 1. The van der Waals surface area contributed by atoms with Gasteiger partial charge in [-0.25, -0.2) is 13.6 Å². The second-order valence-corrected chi connectivity index (χ2v) is 9.50. The molecule has 38 heavy (non-hydrogen) atoms. The first kappa shape index (κ1) is 25.3. The van der Waals surface area contributed by atoms with Gasteiger partial charge >= 0.3 is 5.97 Å². The molecular formula is C30H30F2N4O2. The monoisotopic (exact) mass is 516 g/mol. The minimum atomic E-state index is -1.09. The lowest BCUT2D eigenvalue weighted by Crippen LogP contribution is -2.46. The first-order valence-corrected chi connectivity index (χ1v) is 12.7. The smallest absolute Gasteiger partial charge is 0.338 e. The number of aromatic nitrogens is 1. The van der Waals surface area contributed by atoms with Crippen LogP contribution in [0.4, 0.5) is 25.8 Å². The van der Waals surface area contributed by atoms with Crippen molar-refractivity contribution in [1.29, 1.82) is 0 Å². The largest absolute Gasteiger partial charge is 0.478 e. The van der Waals surface area contributed by atoms with Crippen molar-refractivity contribution in [3.8, 4) is 22.4 Å². The number of hydrogen-bond donors (Lipinski definition) is 2. The van der Waals surface area contributed by atoms with Crippen molar-refractivity contribution in [2.75, 3.05) is 41.7 Å². The maximum absolute atomic E-state index is 15.1. The van der Waals surface area contributed by atoms with Crippen LogP contribution in [0, 0.1) is 18.6 Å². The van der Waals surface area contributed by atoms with Gasteiger partial charge in [-0.3, -0.25) is 0 Å². The number of nitrogen functional groups attached to an aromatic ring is 1. The maximum atomic E-state index is 15.1. The highest BCUT2D eigenvalue weighted by molar-refractivity contribution is 6.03. The number of nitrogens with zero attached hydrogens (tertiary/aromatic N) is 3. The molecule has 0 saturated carbocycles. The lowest BCUT2D eigenvalue weighted by molar-refractivity contribution is 0.0696. The molecule has 4 aromatic rings. The molecule has 6 nitrogen and oxygen atoms in total. The second-order valence-electron chi connectivity index (χ2n) is 9.50. The van der Waals surface area contributed by atoms with Crippen molar-refractivity contribution < 1.29 is 18.7 Å². The number of carboxylic acid groups (broad SMARTS) is 1. The summed E-state index contributed by atoms with van der Waals surface area (Å²) < 4.78 is 30.7. The average molecular weight is 517 g/mol. The Morgan fingerprint density at radius 1 is 0.842 bits per heavy atom. The topological polar surface area (TPSA) is 74.7 Å². The molecule has 1 fully saturated rings. The zero-order chi connectivity index (χ0) is 27.0. The predicted molar refractivity (Wildman–Crippen MR) is 148 cm³/mol. The van der Waals surface area contributed by atoms with Gasteiger partial charge in [-0.2, -0.15) is 0 Å². The molecule has 0 atom stereocenters. The Hall–Kier alpha value is -4.33. The van der Waals surface area contributed by atoms with Crippen molar-refractivity contribution in [3.63, 3.8) is 0 Å². The van der Waals surface area contributed by atoms with Crippen molar-refractivity contribution in [2.45, 2.75) is 20.4 Å². The molecule has 1 saturated heterocycles. The quantitative estimate of drug-likeness (QED) is 0.306. The number of benzene rings is 3. The van der Waals surface area contributed by atoms with Crippen molar-refractivity contribution in [2.24, 2.45) is 0 Å². The molecule has 1 aromatic heterocycles. The van der Waals surface area contributed by atoms with Gasteiger partial charge < -0.3 is 25.2 Å². The number of piperazine rings is 1. The third-order valence-corrected chi connectivity index (χ3v) is 7.25. The van der Waals surface area contributed by atoms with Crippen LogP contribution in [0.3, 0.4) is 0 Å². The summed E-state index contributed by atoms with van der Waals surface area (Å²) in [5, 5.41) is 10.2. The van der Waals surface area contributed by atoms with Gasteiger partial charge in [-0.1, -0.05) is 0 Å². The summed E-state index contributed by atoms with van der Waals surface area (Å²) >= 11 is 0. The van der Waals surface area contributed by atoms with Gasteiger partial charge in [0.25, 0.3) is 0 Å². The van der Waals surface area contributed by atoms with Gasteiger partial charge in [0.05, 0.1) is 11.3 Å². The Labute approximate surface area is 220 Å². The van der Waals surface area contributed by atoms with E-state index < -0.39 is 11.8 Å². The lowest BCUT2D eigenvalue weighted by Gasteiger charge is -2.37. The molecule has 0 spiro atoms. The lowest BCUT2D eigenvalue weighted by atomic mass is 9.96. The van der Waals surface area contributed by atoms with Crippen LogP contribution >= 0.6 is 0 Å². The molecule has 196 valence electrons. The summed E-state index contributed by atoms with van der Waals surface area (Å²) in [5.74, 6) is -1.91. The number of nitrogens with two attached hydrogens (primary N) is 1. The number of carbonyl (C=O) groups is 1. The summed E-state index contributed by atoms with van der Waals surface area (Å²) in [4.78, 5) is 16.8. The minimum absolute atomic E-state index is 0.121. The molecule has 0 bridgehead atoms. The van der Waals surface area contributed by atoms with E-state index in [2.05, 4.69) is 9.80 Å². The third kappa shape index (κ3) is 4.69. The van der Waals surface area contributed by atoms with Crippen LogP contribution in [0.25, 0.3) is 22.4 Å². The van der Waals surface area contributed by atoms with Crippen molar-refractivity contribution in [3.05, 3.63) is 89.6 Å². The van der Waals surface area contributed by atoms with Gasteiger partial charge in [-0.15, -0.1) is 0 Å². The normalized spacial score (nSPS) is 13.7. The second kappa shape index (κ2) is 10.2. The van der Waals surface area contributed by atoms with Gasteiger partial charge in [0.15, 0.2) is 0 Å². The van der Waals surface area contributed by atoms with E-state index in [0.717, 1.165) is 18.8 Å². The molecule has 1 aliphatic rings. The summed E-state index contributed by atoms with van der Waals surface area (Å²) in [7, 11) is 0. The molecule has 1 aliphatic heterocycles. The standard InChI is InChI=1S/C30H30F2N4O2/c1-3-36-19(2)27(30(37)38)28(29(36)20-4-6-22(31)7-5-20)21-16-23(32)18-26(17-21)35-14-12-34(13-15-35)25-10-8-24(33)9-11-25/h4-11,16-18H,3,12-15,33H2,1-2H3,(H,37,38). The molecule has 0 unspecified atom stereocenters. The number of hydrogen-bond acceptors (Lipinski definition) is 4. The van der Waals surface area contributed by atoms with Gasteiger partial charge in [-0.05, 0) is 91.7 Å². The van der Waals surface area contributed by atoms with Crippen molar-refractivity contribution >= 4 is 23.0 Å². The zero-order valence-electron chi connectivity index (χ0n) is 21.4. The number of aromatic carboxylic acids is 1. The minimum Gasteiger partial charge on any atom is -0.478 e. The fraction of sp³-hybridized carbons (Fsp3) is 0.233. The molecule has 0 radical (unpaired) electrons. The predicted octanol–water partition coefficient (Wildman–Crippen LogP) is 6.04. The fourth-order valence-corrected chi connectivity index (χ4v) is 5.39. The van der Waals surface area contributed by atoms with Crippen LogP contribution < -0.4 is 15.5 Å². The Kier molecular flexibility index (Phi) is 6.80. The summed E-state index contributed by atoms with van der Waals surface area (Å²) in [6.45, 7) is 7.05. The van der Waals surface area contributed by atoms with E-state index in [-0.39, 0.29) is 11.4 Å². The Morgan fingerprint density at radius 3 is 2.03 bits per heavy atom. The summed E-state index contributed by atoms with van der Waals surface area (Å²) in [5.41, 5.74) is 11.2. The van der Waals surface area contributed by atoms with Crippen LogP contribution in [0.2, 0.25) is 0 Å². The number of anilines is 3. The van der Waals surface area contributed by atoms with Crippen molar-refractivity contribution in [1.82, 2.24) is 4.57 Å². The first-order chi connectivity index (χ1) is 18.3. The van der Waals surface area contributed by atoms with Gasteiger partial charge in [0.1, 0.15) is 11.6 Å². The Bertz CT molecular complexity index is 1470. The van der Waals surface area contributed by atoms with E-state index >= 15 is 4.39 Å². The molecule has 5 rings (SSSR count). The molecule has 3 N–H and O–H groups in total. The van der Waals surface area contributed by atoms with E-state index in [1.165, 1.54) is 24.3 Å². The molecular weight excluding hydrogens is 486 g/mol. The van der Waals surface area contributed by atoms with Crippen LogP contribution in [-0.2, 0) is 6.54 Å². The Morgan fingerprint density at radius 2 is 1.45 bits per heavy atom. The van der Waals surface area contributed by atoms with Crippen LogP contribution in [0.1, 0.15) is 23.0 Å². The molecule has 3 aromatic carbocycles. The van der Waals surface area contributed by atoms with Gasteiger partial charge in [0.2, 0.25) is 0 Å². The van der Waals surface area contributed by atoms with E-state index in [4.69, 9.17) is 5.73 Å². The van der Waals surface area contributed by atoms with E-state index in [1.807, 2.05) is 41.8 Å². The highest BCUT2D eigenvalue weighted by Crippen LogP contribution is 2.41. The number of halogens is 2. The average Bonchev–Trinajstić information content (AvgIpc) is 3.21. The Balaban J connectivity index is 1.55. The first-order valence-electron chi connectivity index (χ1n) is 12.7. The SMILES string of the molecule is CCn1c(C)c(C(=O)O)c(-c2cc(F)cc(N3CCN(c4ccc(N)cc4)CC3)c2)c1-c1ccc(F)cc1. The van der Waals surface area contributed by atoms with Crippen LogP contribution in [0.5, 0.6) is 0 Å². The zero-order valence-corrected chi connectivity index (χ0v) is 21.4. The summed E-state index contributed by atoms with van der Waals surface area (Å²) in [6, 6.07) is 18.4. The third-order valence-electron chi connectivity index (χ3n) is 7.25. The van der Waals surface area contributed by atoms with E-state index in [9.17, 15) is 14.3 Å². The van der Waals surface area contributed by atoms with Crippen LogP contribution in [0.15, 0.2) is 66.7 Å². The maximum Gasteiger partial charge on any atom is 0.338 e. The summed E-state index contributed by atoms with van der Waals surface area (Å²) in [6.07, 6.45) is 0. The molecule has 0 amide bonds. The molecule has 2 heterocycles. The highest BCUT2D eigenvalue weighted by atomic mass is 19.1. The molecule has 0 aliphatic carbocycles.